The first-order chi connectivity index (χ1) is 10.4. The predicted molar refractivity (Wildman–Crippen MR) is 84.1 cm³/mol. The fourth-order valence-electron chi connectivity index (χ4n) is 3.11. The topological polar surface area (TPSA) is 51.3 Å². The van der Waals surface area contributed by atoms with E-state index in [2.05, 4.69) is 20.9 Å². The van der Waals surface area contributed by atoms with E-state index in [9.17, 15) is 9.18 Å². The minimum Gasteiger partial charge on any atom is -0.427 e. The average Bonchev–Trinajstić information content (AvgIpc) is 2.86. The molecule has 0 bridgehead atoms. The van der Waals surface area contributed by atoms with Crippen LogP contribution >= 0.6 is 15.9 Å². The number of aromatic nitrogens is 1. The number of nitrogens with one attached hydrogen (secondary N) is 1. The van der Waals surface area contributed by atoms with Crippen molar-refractivity contribution in [2.24, 2.45) is 0 Å². The number of ether oxygens (including phenoxy) is 2. The number of hydrogen-bond acceptors (Lipinski definition) is 3. The molecule has 0 saturated carbocycles. The quantitative estimate of drug-likeness (QED) is 0.811. The number of carbonyl (C=O) groups is 1. The number of esters is 1. The van der Waals surface area contributed by atoms with E-state index in [1.807, 2.05) is 13.8 Å². The first-order valence-electron chi connectivity index (χ1n) is 7.22. The van der Waals surface area contributed by atoms with Crippen LogP contribution in [0.15, 0.2) is 10.5 Å². The lowest BCUT2D eigenvalue weighted by Crippen LogP contribution is -2.39. The predicted octanol–water partition coefficient (Wildman–Crippen LogP) is 4.08. The lowest BCUT2D eigenvalue weighted by Gasteiger charge is -2.35. The van der Waals surface area contributed by atoms with Crippen molar-refractivity contribution in [1.82, 2.24) is 4.98 Å². The third kappa shape index (κ3) is 2.16. The van der Waals surface area contributed by atoms with Gasteiger partial charge in [0, 0.05) is 23.2 Å². The minimum atomic E-state index is -1.17. The van der Waals surface area contributed by atoms with E-state index >= 15 is 0 Å². The fraction of sp³-hybridized carbons (Fsp3) is 0.438. The Morgan fingerprint density at radius 1 is 1.59 bits per heavy atom. The van der Waals surface area contributed by atoms with Gasteiger partial charge in [0.15, 0.2) is 0 Å². The standard InChI is InChI=1S/C16H17BrFNO3/c1-4-16(22-9(3)20)15-10(5-6-21-16)12-13(17)8(2)7-11(18)14(12)19-15/h7,19H,4-6H2,1-3H3. The summed E-state index contributed by atoms with van der Waals surface area (Å²) in [6, 6.07) is 1.48. The van der Waals surface area contributed by atoms with Crippen molar-refractivity contribution >= 4 is 32.8 Å². The summed E-state index contributed by atoms with van der Waals surface area (Å²) in [5, 5.41) is 0.806. The van der Waals surface area contributed by atoms with Crippen molar-refractivity contribution in [3.63, 3.8) is 0 Å². The molecule has 0 aliphatic carbocycles. The molecule has 22 heavy (non-hydrogen) atoms. The molecular formula is C16H17BrFNO3. The van der Waals surface area contributed by atoms with Crippen molar-refractivity contribution in [1.29, 1.82) is 0 Å². The molecule has 3 rings (SSSR count). The summed E-state index contributed by atoms with van der Waals surface area (Å²) in [5.41, 5.74) is 2.82. The summed E-state index contributed by atoms with van der Waals surface area (Å²) in [6.45, 7) is 5.49. The van der Waals surface area contributed by atoms with Gasteiger partial charge < -0.3 is 14.5 Å². The molecule has 118 valence electrons. The number of carbonyl (C=O) groups excluding carboxylic acids is 1. The van der Waals surface area contributed by atoms with Crippen LogP contribution < -0.4 is 0 Å². The molecule has 4 nitrogen and oxygen atoms in total. The fourth-order valence-corrected chi connectivity index (χ4v) is 3.66. The number of benzene rings is 1. The highest BCUT2D eigenvalue weighted by Gasteiger charge is 2.42. The largest absolute Gasteiger partial charge is 0.427 e. The van der Waals surface area contributed by atoms with Gasteiger partial charge >= 0.3 is 5.97 Å². The van der Waals surface area contributed by atoms with Crippen molar-refractivity contribution < 1.29 is 18.7 Å². The maximum Gasteiger partial charge on any atom is 0.305 e. The van der Waals surface area contributed by atoms with Gasteiger partial charge in [-0.25, -0.2) is 4.39 Å². The highest BCUT2D eigenvalue weighted by molar-refractivity contribution is 9.10. The van der Waals surface area contributed by atoms with Gasteiger partial charge in [-0.2, -0.15) is 0 Å². The molecule has 1 aliphatic rings. The van der Waals surface area contributed by atoms with E-state index < -0.39 is 11.8 Å². The van der Waals surface area contributed by atoms with E-state index in [0.717, 1.165) is 21.0 Å². The van der Waals surface area contributed by atoms with Crippen molar-refractivity contribution in [3.8, 4) is 0 Å². The number of halogens is 2. The van der Waals surface area contributed by atoms with Gasteiger partial charge in [0.1, 0.15) is 5.82 Å². The maximum absolute atomic E-state index is 14.3. The summed E-state index contributed by atoms with van der Waals surface area (Å²) in [6.07, 6.45) is 1.09. The molecule has 0 spiro atoms. The highest BCUT2D eigenvalue weighted by Crippen LogP contribution is 2.43. The van der Waals surface area contributed by atoms with Crippen LogP contribution in [0.4, 0.5) is 4.39 Å². The van der Waals surface area contributed by atoms with Crippen LogP contribution in [0.3, 0.4) is 0 Å². The molecule has 1 aromatic carbocycles. The Labute approximate surface area is 136 Å². The molecule has 1 N–H and O–H groups in total. The molecule has 0 saturated heterocycles. The number of H-pyrrole nitrogens is 1. The molecule has 1 aliphatic heterocycles. The number of hydrogen-bond donors (Lipinski definition) is 1. The summed E-state index contributed by atoms with van der Waals surface area (Å²) in [4.78, 5) is 14.6. The SMILES string of the molecule is CCC1(OC(C)=O)OCCc2c1[nH]c1c(F)cc(C)c(Br)c21. The zero-order valence-electron chi connectivity index (χ0n) is 12.7. The van der Waals surface area contributed by atoms with Gasteiger partial charge in [-0.3, -0.25) is 4.79 Å². The van der Waals surface area contributed by atoms with Gasteiger partial charge in [-0.15, -0.1) is 0 Å². The Bertz CT molecular complexity index is 771. The summed E-state index contributed by atoms with van der Waals surface area (Å²) in [5.74, 6) is -1.92. The third-order valence-corrected chi connectivity index (χ3v) is 5.12. The average molecular weight is 370 g/mol. The Hall–Kier alpha value is -1.40. The van der Waals surface area contributed by atoms with Crippen LogP contribution in [0.5, 0.6) is 0 Å². The number of aromatic amines is 1. The molecule has 1 aromatic heterocycles. The van der Waals surface area contributed by atoms with Gasteiger partial charge in [-0.05, 0) is 46.5 Å². The summed E-state index contributed by atoms with van der Waals surface area (Å²) < 4.78 is 26.4. The van der Waals surface area contributed by atoms with Crippen LogP contribution in [-0.2, 0) is 26.5 Å². The van der Waals surface area contributed by atoms with E-state index in [1.165, 1.54) is 13.0 Å². The minimum absolute atomic E-state index is 0.321. The number of aryl methyl sites for hydroxylation is 1. The second kappa shape index (κ2) is 5.35. The van der Waals surface area contributed by atoms with Crippen LogP contribution in [0, 0.1) is 12.7 Å². The number of fused-ring (bicyclic) bond motifs is 3. The normalized spacial score (nSPS) is 21.0. The van der Waals surface area contributed by atoms with E-state index in [1.54, 1.807) is 0 Å². The molecule has 0 amide bonds. The first-order valence-corrected chi connectivity index (χ1v) is 8.02. The third-order valence-electron chi connectivity index (χ3n) is 4.09. The molecule has 6 heteroatoms. The van der Waals surface area contributed by atoms with Gasteiger partial charge in [0.25, 0.3) is 5.79 Å². The van der Waals surface area contributed by atoms with E-state index in [4.69, 9.17) is 9.47 Å². The monoisotopic (exact) mass is 369 g/mol. The smallest absolute Gasteiger partial charge is 0.305 e. The number of rotatable bonds is 2. The molecule has 2 heterocycles. The molecule has 1 atom stereocenters. The molecule has 2 aromatic rings. The van der Waals surface area contributed by atoms with Gasteiger partial charge in [-0.1, -0.05) is 6.92 Å². The van der Waals surface area contributed by atoms with E-state index in [0.29, 0.717) is 30.7 Å². The zero-order chi connectivity index (χ0) is 16.1. The van der Waals surface area contributed by atoms with Crippen LogP contribution in [0.2, 0.25) is 0 Å². The van der Waals surface area contributed by atoms with Crippen LogP contribution in [0.1, 0.15) is 37.1 Å². The Balaban J connectivity index is 2.32. The summed E-state index contributed by atoms with van der Waals surface area (Å²) in [7, 11) is 0. The maximum atomic E-state index is 14.3. The van der Waals surface area contributed by atoms with Crippen LogP contribution in [-0.4, -0.2) is 17.6 Å². The second-order valence-corrected chi connectivity index (χ2v) is 6.31. The molecule has 0 radical (unpaired) electrons. The second-order valence-electron chi connectivity index (χ2n) is 5.52. The zero-order valence-corrected chi connectivity index (χ0v) is 14.3. The highest BCUT2D eigenvalue weighted by atomic mass is 79.9. The first kappa shape index (κ1) is 15.5. The lowest BCUT2D eigenvalue weighted by molar-refractivity contribution is -0.245. The van der Waals surface area contributed by atoms with Crippen molar-refractivity contribution in [2.45, 2.75) is 39.4 Å². The Morgan fingerprint density at radius 3 is 2.95 bits per heavy atom. The summed E-state index contributed by atoms with van der Waals surface area (Å²) >= 11 is 3.55. The molecule has 1 unspecified atom stereocenters. The lowest BCUT2D eigenvalue weighted by atomic mass is 9.97. The van der Waals surface area contributed by atoms with Gasteiger partial charge in [0.05, 0.1) is 17.8 Å². The van der Waals surface area contributed by atoms with Crippen LogP contribution in [0.25, 0.3) is 10.9 Å². The van der Waals surface area contributed by atoms with Crippen molar-refractivity contribution in [2.75, 3.05) is 6.61 Å². The molecular weight excluding hydrogens is 353 g/mol. The Kier molecular flexibility index (Phi) is 3.77. The van der Waals surface area contributed by atoms with Crippen molar-refractivity contribution in [3.05, 3.63) is 33.2 Å². The molecule has 0 fully saturated rings. The van der Waals surface area contributed by atoms with E-state index in [-0.39, 0.29) is 5.82 Å². The van der Waals surface area contributed by atoms with Gasteiger partial charge in [0.2, 0.25) is 0 Å². The Morgan fingerprint density at radius 2 is 2.32 bits per heavy atom.